The Hall–Kier alpha value is -3.06. The fraction of sp³-hybridized carbons (Fsp3) is 0.391. The van der Waals surface area contributed by atoms with E-state index in [2.05, 4.69) is 4.90 Å². The summed E-state index contributed by atoms with van der Waals surface area (Å²) in [5.41, 5.74) is 3.74. The Morgan fingerprint density at radius 1 is 0.900 bits per heavy atom. The molecule has 0 radical (unpaired) electrons. The van der Waals surface area contributed by atoms with E-state index >= 15 is 0 Å². The van der Waals surface area contributed by atoms with E-state index in [1.807, 2.05) is 31.2 Å². The van der Waals surface area contributed by atoms with E-state index < -0.39 is 6.04 Å². The van der Waals surface area contributed by atoms with E-state index in [1.165, 1.54) is 10.5 Å². The molecular formula is C23H26N2O5. The maximum atomic E-state index is 13.3. The summed E-state index contributed by atoms with van der Waals surface area (Å²) < 4.78 is 16.2. The fourth-order valence-electron chi connectivity index (χ4n) is 4.30. The molecule has 0 aliphatic carbocycles. The molecule has 2 aromatic carbocycles. The molecule has 2 aromatic rings. The van der Waals surface area contributed by atoms with Crippen molar-refractivity contribution in [3.8, 4) is 17.2 Å². The Morgan fingerprint density at radius 2 is 1.57 bits per heavy atom. The number of rotatable bonds is 5. The van der Waals surface area contributed by atoms with Crippen LogP contribution < -0.4 is 19.1 Å². The number of methoxy groups -OCH3 is 3. The molecule has 0 aromatic heterocycles. The van der Waals surface area contributed by atoms with Crippen LogP contribution in [0.5, 0.6) is 17.2 Å². The Labute approximate surface area is 176 Å². The Bertz CT molecular complexity index is 1000. The number of hydrogen-bond donors (Lipinski definition) is 0. The summed E-state index contributed by atoms with van der Waals surface area (Å²) in [6, 6.07) is 8.98. The zero-order valence-corrected chi connectivity index (χ0v) is 17.7. The molecule has 0 spiro atoms. The molecular weight excluding hydrogens is 384 g/mol. The van der Waals surface area contributed by atoms with Gasteiger partial charge in [-0.25, -0.2) is 4.90 Å². The monoisotopic (exact) mass is 410 g/mol. The van der Waals surface area contributed by atoms with Crippen LogP contribution in [0, 0.1) is 6.92 Å². The minimum absolute atomic E-state index is 0.165. The molecule has 4 rings (SSSR count). The van der Waals surface area contributed by atoms with Gasteiger partial charge in [0.15, 0.2) is 11.5 Å². The standard InChI is InChI=1S/C23H26N2O5/c1-14-5-6-19(28-2)17(9-14)25-22(26)12-18(23(25)27)24-8-7-15-10-20(29-3)21(30-4)11-16(15)13-24/h5-6,9-11,18H,7-8,12-13H2,1-4H3/t18-/m1/s1. The number of ether oxygens (including phenoxy) is 3. The second kappa shape index (κ2) is 7.99. The number of benzene rings is 2. The minimum atomic E-state index is -0.482. The highest BCUT2D eigenvalue weighted by atomic mass is 16.5. The third kappa shape index (κ3) is 3.39. The predicted octanol–water partition coefficient (Wildman–Crippen LogP) is 2.71. The smallest absolute Gasteiger partial charge is 0.251 e. The van der Waals surface area contributed by atoms with Gasteiger partial charge in [0.25, 0.3) is 5.91 Å². The van der Waals surface area contributed by atoms with E-state index in [1.54, 1.807) is 27.4 Å². The number of carbonyl (C=O) groups excluding carboxylic acids is 2. The van der Waals surface area contributed by atoms with Crippen molar-refractivity contribution in [3.05, 3.63) is 47.0 Å². The largest absolute Gasteiger partial charge is 0.495 e. The van der Waals surface area contributed by atoms with Gasteiger partial charge in [0.1, 0.15) is 5.75 Å². The van der Waals surface area contributed by atoms with Crippen molar-refractivity contribution < 1.29 is 23.8 Å². The van der Waals surface area contributed by atoms with Crippen LogP contribution in [-0.4, -0.2) is 50.6 Å². The average Bonchev–Trinajstić information content (AvgIpc) is 3.05. The molecule has 7 heteroatoms. The first-order valence-corrected chi connectivity index (χ1v) is 9.96. The average molecular weight is 410 g/mol. The van der Waals surface area contributed by atoms with Crippen molar-refractivity contribution >= 4 is 17.5 Å². The van der Waals surface area contributed by atoms with Crippen LogP contribution in [0.1, 0.15) is 23.1 Å². The van der Waals surface area contributed by atoms with E-state index in [0.29, 0.717) is 36.0 Å². The van der Waals surface area contributed by atoms with Gasteiger partial charge >= 0.3 is 0 Å². The molecule has 1 atom stereocenters. The lowest BCUT2D eigenvalue weighted by Gasteiger charge is -2.32. The number of anilines is 1. The highest BCUT2D eigenvalue weighted by Gasteiger charge is 2.44. The van der Waals surface area contributed by atoms with Crippen molar-refractivity contribution in [3.63, 3.8) is 0 Å². The number of carbonyl (C=O) groups is 2. The number of hydrogen-bond acceptors (Lipinski definition) is 6. The van der Waals surface area contributed by atoms with E-state index in [4.69, 9.17) is 14.2 Å². The number of aryl methyl sites for hydroxylation is 1. The predicted molar refractivity (Wildman–Crippen MR) is 112 cm³/mol. The van der Waals surface area contributed by atoms with Crippen LogP contribution in [0.3, 0.4) is 0 Å². The van der Waals surface area contributed by atoms with Gasteiger partial charge in [0.2, 0.25) is 5.91 Å². The highest BCUT2D eigenvalue weighted by Crippen LogP contribution is 2.37. The molecule has 0 saturated carbocycles. The first kappa shape index (κ1) is 20.2. The summed E-state index contributed by atoms with van der Waals surface area (Å²) in [7, 11) is 4.77. The number of amides is 2. The molecule has 0 N–H and O–H groups in total. The van der Waals surface area contributed by atoms with Gasteiger partial charge in [0.05, 0.1) is 39.5 Å². The Kier molecular flexibility index (Phi) is 5.39. The summed E-state index contributed by atoms with van der Waals surface area (Å²) in [6.07, 6.45) is 0.944. The van der Waals surface area contributed by atoms with Gasteiger partial charge in [-0.05, 0) is 54.3 Å². The number of fused-ring (bicyclic) bond motifs is 1. The summed E-state index contributed by atoms with van der Waals surface area (Å²) in [6.45, 7) is 3.21. The van der Waals surface area contributed by atoms with Crippen LogP contribution in [0.25, 0.3) is 0 Å². The molecule has 0 unspecified atom stereocenters. The molecule has 0 bridgehead atoms. The zero-order chi connectivity index (χ0) is 21.4. The fourth-order valence-corrected chi connectivity index (χ4v) is 4.30. The van der Waals surface area contributed by atoms with Crippen LogP contribution in [-0.2, 0) is 22.6 Å². The lowest BCUT2D eigenvalue weighted by Crippen LogP contribution is -2.44. The molecule has 7 nitrogen and oxygen atoms in total. The van der Waals surface area contributed by atoms with Gasteiger partial charge in [0, 0.05) is 13.1 Å². The maximum Gasteiger partial charge on any atom is 0.251 e. The number of imide groups is 1. The van der Waals surface area contributed by atoms with Gasteiger partial charge in [-0.1, -0.05) is 6.07 Å². The van der Waals surface area contributed by atoms with Crippen LogP contribution >= 0.6 is 0 Å². The topological polar surface area (TPSA) is 68.3 Å². The van der Waals surface area contributed by atoms with Gasteiger partial charge in [-0.3, -0.25) is 14.5 Å². The second-order valence-corrected chi connectivity index (χ2v) is 7.66. The summed E-state index contributed by atoms with van der Waals surface area (Å²) >= 11 is 0. The Morgan fingerprint density at radius 3 is 2.23 bits per heavy atom. The first-order valence-electron chi connectivity index (χ1n) is 9.96. The SMILES string of the molecule is COc1cc2c(cc1OC)CN([C@@H]1CC(=O)N(c3cc(C)ccc3OC)C1=O)CC2. The summed E-state index contributed by atoms with van der Waals surface area (Å²) in [5, 5.41) is 0. The van der Waals surface area contributed by atoms with E-state index in [9.17, 15) is 9.59 Å². The quantitative estimate of drug-likeness (QED) is 0.706. The molecule has 2 aliphatic heterocycles. The molecule has 30 heavy (non-hydrogen) atoms. The van der Waals surface area contributed by atoms with Crippen LogP contribution in [0.2, 0.25) is 0 Å². The normalized spacial score (nSPS) is 19.1. The molecule has 2 amide bonds. The van der Waals surface area contributed by atoms with Crippen LogP contribution in [0.4, 0.5) is 5.69 Å². The van der Waals surface area contributed by atoms with E-state index in [0.717, 1.165) is 17.5 Å². The summed E-state index contributed by atoms with van der Waals surface area (Å²) in [5.74, 6) is 1.48. The summed E-state index contributed by atoms with van der Waals surface area (Å²) in [4.78, 5) is 29.5. The minimum Gasteiger partial charge on any atom is -0.495 e. The van der Waals surface area contributed by atoms with Crippen molar-refractivity contribution in [2.24, 2.45) is 0 Å². The number of nitrogens with zero attached hydrogens (tertiary/aromatic N) is 2. The van der Waals surface area contributed by atoms with Gasteiger partial charge in [-0.2, -0.15) is 0 Å². The Balaban J connectivity index is 1.60. The van der Waals surface area contributed by atoms with Crippen molar-refractivity contribution in [1.29, 1.82) is 0 Å². The molecule has 2 aliphatic rings. The second-order valence-electron chi connectivity index (χ2n) is 7.66. The van der Waals surface area contributed by atoms with Crippen molar-refractivity contribution in [2.45, 2.75) is 32.4 Å². The van der Waals surface area contributed by atoms with Crippen LogP contribution in [0.15, 0.2) is 30.3 Å². The lowest BCUT2D eigenvalue weighted by molar-refractivity contribution is -0.123. The molecule has 158 valence electrons. The molecule has 1 fully saturated rings. The maximum absolute atomic E-state index is 13.3. The van der Waals surface area contributed by atoms with Gasteiger partial charge < -0.3 is 14.2 Å². The zero-order valence-electron chi connectivity index (χ0n) is 17.7. The first-order chi connectivity index (χ1) is 14.5. The van der Waals surface area contributed by atoms with E-state index in [-0.39, 0.29) is 18.2 Å². The molecule has 1 saturated heterocycles. The highest BCUT2D eigenvalue weighted by molar-refractivity contribution is 6.23. The third-order valence-corrected chi connectivity index (χ3v) is 5.89. The third-order valence-electron chi connectivity index (χ3n) is 5.89. The lowest BCUT2D eigenvalue weighted by atomic mass is 9.97. The molecule has 2 heterocycles. The van der Waals surface area contributed by atoms with Crippen molar-refractivity contribution in [1.82, 2.24) is 4.90 Å². The van der Waals surface area contributed by atoms with Crippen molar-refractivity contribution in [2.75, 3.05) is 32.8 Å². The van der Waals surface area contributed by atoms with Gasteiger partial charge in [-0.15, -0.1) is 0 Å².